The van der Waals surface area contributed by atoms with Gasteiger partial charge in [-0.1, -0.05) is 6.07 Å². The van der Waals surface area contributed by atoms with Crippen LogP contribution in [-0.2, 0) is 14.8 Å². The average molecular weight is 324 g/mol. The van der Waals surface area contributed by atoms with Crippen LogP contribution in [0.5, 0.6) is 0 Å². The van der Waals surface area contributed by atoms with Gasteiger partial charge in [-0.3, -0.25) is 0 Å². The molecule has 1 N–H and O–H groups in total. The number of morpholine rings is 1. The summed E-state index contributed by atoms with van der Waals surface area (Å²) in [7, 11) is -3.75. The van der Waals surface area contributed by atoms with Crippen LogP contribution in [0.3, 0.4) is 0 Å². The van der Waals surface area contributed by atoms with Crippen molar-refractivity contribution in [1.29, 1.82) is 0 Å². The Bertz CT molecular complexity index is 826. The highest BCUT2D eigenvalue weighted by atomic mass is 32.2. The molecule has 0 bridgehead atoms. The Balaban J connectivity index is 1.86. The molecular formula is C15H17FN2O3S. The fourth-order valence-corrected chi connectivity index (χ4v) is 5.48. The molecule has 2 fully saturated rings. The molecule has 0 atom stereocenters. The highest BCUT2D eigenvalue weighted by Crippen LogP contribution is 2.43. The molecule has 0 unspecified atom stereocenters. The number of nitrogens with one attached hydrogen (secondary N) is 1. The van der Waals surface area contributed by atoms with E-state index in [0.29, 0.717) is 25.3 Å². The van der Waals surface area contributed by atoms with Crippen molar-refractivity contribution >= 4 is 20.9 Å². The van der Waals surface area contributed by atoms with Gasteiger partial charge in [0.05, 0.1) is 24.1 Å². The lowest BCUT2D eigenvalue weighted by Crippen LogP contribution is -2.62. The van der Waals surface area contributed by atoms with E-state index < -0.39 is 21.4 Å². The average Bonchev–Trinajstić information content (AvgIpc) is 2.92. The number of sulfonamides is 1. The van der Waals surface area contributed by atoms with Crippen molar-refractivity contribution in [3.63, 3.8) is 0 Å². The Labute approximate surface area is 128 Å². The summed E-state index contributed by atoms with van der Waals surface area (Å²) in [5.41, 5.74) is 0.0563. The molecule has 1 saturated heterocycles. The minimum atomic E-state index is -3.75. The maximum atomic E-state index is 14.1. The second kappa shape index (κ2) is 4.78. The molecule has 0 amide bonds. The molecule has 1 saturated carbocycles. The maximum absolute atomic E-state index is 14.1. The van der Waals surface area contributed by atoms with Crippen molar-refractivity contribution in [2.45, 2.75) is 29.7 Å². The normalized spacial score (nSPS) is 22.0. The van der Waals surface area contributed by atoms with Crippen molar-refractivity contribution in [1.82, 2.24) is 9.29 Å². The van der Waals surface area contributed by atoms with Gasteiger partial charge in [-0.15, -0.1) is 0 Å². The smallest absolute Gasteiger partial charge is 0.245 e. The highest BCUT2D eigenvalue weighted by molar-refractivity contribution is 7.89. The Morgan fingerprint density at radius 3 is 2.86 bits per heavy atom. The van der Waals surface area contributed by atoms with Gasteiger partial charge in [0.1, 0.15) is 10.7 Å². The summed E-state index contributed by atoms with van der Waals surface area (Å²) >= 11 is 0. The number of nitrogens with zero attached hydrogens (tertiary/aromatic N) is 1. The van der Waals surface area contributed by atoms with Gasteiger partial charge in [0.2, 0.25) is 10.0 Å². The van der Waals surface area contributed by atoms with Crippen LogP contribution in [0, 0.1) is 5.82 Å². The van der Waals surface area contributed by atoms with Crippen molar-refractivity contribution in [2.24, 2.45) is 0 Å². The minimum Gasteiger partial charge on any atom is -0.378 e. The fraction of sp³-hybridized carbons (Fsp3) is 0.467. The first-order valence-electron chi connectivity index (χ1n) is 7.41. The van der Waals surface area contributed by atoms with E-state index in [9.17, 15) is 12.8 Å². The second-order valence-corrected chi connectivity index (χ2v) is 7.85. The third-order valence-electron chi connectivity index (χ3n) is 4.81. The van der Waals surface area contributed by atoms with Gasteiger partial charge in [0.25, 0.3) is 0 Å². The molecule has 1 aromatic carbocycles. The van der Waals surface area contributed by atoms with Crippen LogP contribution >= 0.6 is 0 Å². The fourth-order valence-electron chi connectivity index (χ4n) is 3.50. The zero-order valence-corrected chi connectivity index (χ0v) is 12.8. The topological polar surface area (TPSA) is 62.4 Å². The van der Waals surface area contributed by atoms with Crippen LogP contribution in [0.2, 0.25) is 0 Å². The van der Waals surface area contributed by atoms with Crippen LogP contribution < -0.4 is 0 Å². The van der Waals surface area contributed by atoms with Crippen molar-refractivity contribution in [2.75, 3.05) is 19.8 Å². The van der Waals surface area contributed by atoms with Gasteiger partial charge in [0.15, 0.2) is 0 Å². The molecule has 22 heavy (non-hydrogen) atoms. The lowest BCUT2D eigenvalue weighted by Gasteiger charge is -2.51. The minimum absolute atomic E-state index is 0.0220. The van der Waals surface area contributed by atoms with E-state index >= 15 is 0 Å². The Morgan fingerprint density at radius 1 is 1.32 bits per heavy atom. The molecule has 1 aliphatic heterocycles. The largest absolute Gasteiger partial charge is 0.378 e. The third-order valence-corrected chi connectivity index (χ3v) is 6.84. The summed E-state index contributed by atoms with van der Waals surface area (Å²) in [5.74, 6) is -0.520. The van der Waals surface area contributed by atoms with E-state index in [4.69, 9.17) is 4.74 Å². The van der Waals surface area contributed by atoms with E-state index in [1.807, 2.05) is 0 Å². The Hall–Kier alpha value is -1.44. The predicted molar refractivity (Wildman–Crippen MR) is 79.5 cm³/mol. The van der Waals surface area contributed by atoms with Crippen LogP contribution in [0.15, 0.2) is 29.3 Å². The predicted octanol–water partition coefficient (Wildman–Crippen LogP) is 2.25. The quantitative estimate of drug-likeness (QED) is 0.921. The van der Waals surface area contributed by atoms with E-state index in [1.165, 1.54) is 16.6 Å². The van der Waals surface area contributed by atoms with Crippen LogP contribution in [0.1, 0.15) is 19.3 Å². The molecule has 2 aromatic rings. The number of hydrogen-bond acceptors (Lipinski definition) is 3. The van der Waals surface area contributed by atoms with Gasteiger partial charge in [0, 0.05) is 18.3 Å². The van der Waals surface area contributed by atoms with Crippen LogP contribution in [-0.4, -0.2) is 43.0 Å². The number of halogens is 1. The maximum Gasteiger partial charge on any atom is 0.245 e. The van der Waals surface area contributed by atoms with Gasteiger partial charge >= 0.3 is 0 Å². The summed E-state index contributed by atoms with van der Waals surface area (Å²) in [6, 6.07) is 4.52. The summed E-state index contributed by atoms with van der Waals surface area (Å²) in [4.78, 5) is 2.88. The van der Waals surface area contributed by atoms with Gasteiger partial charge in [-0.05, 0) is 31.4 Å². The molecule has 0 radical (unpaired) electrons. The molecule has 7 heteroatoms. The molecular weight excluding hydrogens is 307 g/mol. The van der Waals surface area contributed by atoms with Gasteiger partial charge in [-0.25, -0.2) is 12.8 Å². The third kappa shape index (κ3) is 1.85. The van der Waals surface area contributed by atoms with Crippen LogP contribution in [0.4, 0.5) is 4.39 Å². The van der Waals surface area contributed by atoms with E-state index in [-0.39, 0.29) is 10.3 Å². The van der Waals surface area contributed by atoms with E-state index in [1.54, 1.807) is 12.1 Å². The Kier molecular flexibility index (Phi) is 3.08. The molecule has 2 aliphatic rings. The number of ether oxygens (including phenoxy) is 1. The highest BCUT2D eigenvalue weighted by Gasteiger charge is 2.50. The number of H-pyrrole nitrogens is 1. The first-order valence-corrected chi connectivity index (χ1v) is 8.85. The Morgan fingerprint density at radius 2 is 2.14 bits per heavy atom. The SMILES string of the molecule is O=S(=O)(c1c[nH]c2cccc(F)c12)N1CCOCC12CCC2. The van der Waals surface area contributed by atoms with Crippen molar-refractivity contribution in [3.05, 3.63) is 30.2 Å². The monoisotopic (exact) mass is 324 g/mol. The first-order chi connectivity index (χ1) is 10.5. The molecule has 1 aromatic heterocycles. The summed E-state index contributed by atoms with van der Waals surface area (Å²) < 4.78 is 47.4. The van der Waals surface area contributed by atoms with E-state index in [2.05, 4.69) is 4.98 Å². The molecule has 1 aliphatic carbocycles. The molecule has 1 spiro atoms. The second-order valence-electron chi connectivity index (χ2n) is 6.02. The van der Waals surface area contributed by atoms with Crippen molar-refractivity contribution in [3.8, 4) is 0 Å². The summed E-state index contributed by atoms with van der Waals surface area (Å²) in [5, 5.41) is 0.142. The standard InChI is InChI=1S/C15H17FN2O3S/c16-11-3-1-4-12-14(11)13(9-17-12)22(19,20)18-7-8-21-10-15(18)5-2-6-15/h1,3-4,9,17H,2,5-8,10H2. The van der Waals surface area contributed by atoms with Crippen LogP contribution in [0.25, 0.3) is 10.9 Å². The number of rotatable bonds is 2. The molecule has 5 nitrogen and oxygen atoms in total. The van der Waals surface area contributed by atoms with Gasteiger partial charge in [-0.2, -0.15) is 4.31 Å². The lowest BCUT2D eigenvalue weighted by molar-refractivity contribution is -0.0649. The lowest BCUT2D eigenvalue weighted by atomic mass is 9.77. The molecule has 118 valence electrons. The number of aromatic amines is 1. The molecule has 4 rings (SSSR count). The number of fused-ring (bicyclic) bond motifs is 1. The number of aromatic nitrogens is 1. The van der Waals surface area contributed by atoms with Crippen molar-refractivity contribution < 1.29 is 17.5 Å². The summed E-state index contributed by atoms with van der Waals surface area (Å²) in [6.45, 7) is 1.13. The number of hydrogen-bond donors (Lipinski definition) is 1. The van der Waals surface area contributed by atoms with E-state index in [0.717, 1.165) is 19.3 Å². The summed E-state index contributed by atoms with van der Waals surface area (Å²) in [6.07, 6.45) is 4.00. The zero-order valence-electron chi connectivity index (χ0n) is 12.0. The first kappa shape index (κ1) is 14.2. The number of benzene rings is 1. The zero-order chi connectivity index (χ0) is 15.4. The van der Waals surface area contributed by atoms with Gasteiger partial charge < -0.3 is 9.72 Å². The molecule has 2 heterocycles.